The van der Waals surface area contributed by atoms with Gasteiger partial charge in [-0.1, -0.05) is 0 Å². The summed E-state index contributed by atoms with van der Waals surface area (Å²) < 4.78 is 35.7. The van der Waals surface area contributed by atoms with Crippen LogP contribution in [0.25, 0.3) is 0 Å². The maximum Gasteiger partial charge on any atom is 0.450 e. The highest BCUT2D eigenvalue weighted by Gasteiger charge is 2.39. The Bertz CT molecular complexity index is 493. The van der Waals surface area contributed by atoms with Crippen molar-refractivity contribution in [2.75, 3.05) is 0 Å². The van der Waals surface area contributed by atoms with Gasteiger partial charge in [-0.05, 0) is 12.1 Å². The van der Waals surface area contributed by atoms with Crippen molar-refractivity contribution in [2.45, 2.75) is 12.6 Å². The molecule has 18 heavy (non-hydrogen) atoms. The second kappa shape index (κ2) is 4.94. The lowest BCUT2D eigenvalue weighted by Gasteiger charge is -2.04. The van der Waals surface area contributed by atoms with Gasteiger partial charge in [-0.2, -0.15) is 13.2 Å². The maximum atomic E-state index is 11.9. The number of rotatable bonds is 4. The first kappa shape index (κ1) is 13.8. The summed E-state index contributed by atoms with van der Waals surface area (Å²) in [4.78, 5) is 31.5. The van der Waals surface area contributed by atoms with Crippen LogP contribution in [0.5, 0.6) is 0 Å². The number of non-ortho nitro benzene ring substituents is 1. The summed E-state index contributed by atoms with van der Waals surface area (Å²) in [6.07, 6.45) is -6.36. The normalized spacial score (nSPS) is 11.1. The van der Waals surface area contributed by atoms with Crippen LogP contribution in [0.15, 0.2) is 24.3 Å². The van der Waals surface area contributed by atoms with Crippen LogP contribution in [0, 0.1) is 10.1 Å². The number of nitrogens with zero attached hydrogens (tertiary/aromatic N) is 1. The molecule has 8 heteroatoms. The molecule has 0 heterocycles. The van der Waals surface area contributed by atoms with Gasteiger partial charge in [0.1, 0.15) is 0 Å². The third-order valence-electron chi connectivity index (χ3n) is 2.04. The number of Topliss-reactive ketones (excluding diaryl/α,β-unsaturated/α-hetero) is 2. The van der Waals surface area contributed by atoms with E-state index in [-0.39, 0.29) is 11.3 Å². The lowest BCUT2D eigenvalue weighted by Crippen LogP contribution is -2.25. The van der Waals surface area contributed by atoms with Crippen LogP contribution in [0.1, 0.15) is 16.8 Å². The van der Waals surface area contributed by atoms with Gasteiger partial charge in [-0.25, -0.2) is 0 Å². The summed E-state index contributed by atoms with van der Waals surface area (Å²) in [6.45, 7) is 0. The predicted molar refractivity (Wildman–Crippen MR) is 53.1 cm³/mol. The molecule has 0 aliphatic carbocycles. The van der Waals surface area contributed by atoms with E-state index in [2.05, 4.69) is 0 Å². The Balaban J connectivity index is 2.80. The topological polar surface area (TPSA) is 77.3 Å². The van der Waals surface area contributed by atoms with E-state index < -0.39 is 29.1 Å². The molecule has 0 aliphatic rings. The van der Waals surface area contributed by atoms with Crippen molar-refractivity contribution in [2.24, 2.45) is 0 Å². The second-order valence-corrected chi connectivity index (χ2v) is 3.32. The van der Waals surface area contributed by atoms with Crippen LogP contribution in [-0.2, 0) is 4.79 Å². The molecule has 1 rings (SSSR count). The SMILES string of the molecule is O=C(CC(=O)C(F)(F)F)c1ccc([N+](=O)[O-])cc1. The summed E-state index contributed by atoms with van der Waals surface area (Å²) in [5, 5.41) is 10.3. The van der Waals surface area contributed by atoms with E-state index in [4.69, 9.17) is 0 Å². The van der Waals surface area contributed by atoms with Crippen LogP contribution in [0.3, 0.4) is 0 Å². The highest BCUT2D eigenvalue weighted by atomic mass is 19.4. The standard InChI is InChI=1S/C10H6F3NO4/c11-10(12,13)9(16)5-8(15)6-1-3-7(4-2-6)14(17)18/h1-4H,5H2. The Kier molecular flexibility index (Phi) is 3.79. The fourth-order valence-corrected chi connectivity index (χ4v) is 1.12. The van der Waals surface area contributed by atoms with Crippen molar-refractivity contribution in [1.82, 2.24) is 0 Å². The number of hydrogen-bond acceptors (Lipinski definition) is 4. The largest absolute Gasteiger partial charge is 0.450 e. The van der Waals surface area contributed by atoms with Crippen molar-refractivity contribution in [3.8, 4) is 0 Å². The Morgan fingerprint density at radius 3 is 2.06 bits per heavy atom. The fraction of sp³-hybridized carbons (Fsp3) is 0.200. The van der Waals surface area contributed by atoms with Gasteiger partial charge >= 0.3 is 6.18 Å². The Labute approximate surface area is 98.4 Å². The second-order valence-electron chi connectivity index (χ2n) is 3.32. The molecule has 0 aliphatic heterocycles. The quantitative estimate of drug-likeness (QED) is 0.360. The summed E-state index contributed by atoms with van der Waals surface area (Å²) in [7, 11) is 0. The van der Waals surface area contributed by atoms with Gasteiger partial charge in [0.15, 0.2) is 5.78 Å². The Morgan fingerprint density at radius 2 is 1.67 bits per heavy atom. The average Bonchev–Trinajstić information content (AvgIpc) is 2.27. The molecule has 0 fully saturated rings. The molecular weight excluding hydrogens is 255 g/mol. The molecule has 0 bridgehead atoms. The fourth-order valence-electron chi connectivity index (χ4n) is 1.12. The monoisotopic (exact) mass is 261 g/mol. The van der Waals surface area contributed by atoms with Gasteiger partial charge < -0.3 is 0 Å². The van der Waals surface area contributed by atoms with Crippen LogP contribution >= 0.6 is 0 Å². The number of halogens is 3. The van der Waals surface area contributed by atoms with Crippen molar-refractivity contribution in [3.63, 3.8) is 0 Å². The van der Waals surface area contributed by atoms with Crippen LogP contribution in [0.4, 0.5) is 18.9 Å². The van der Waals surface area contributed by atoms with E-state index >= 15 is 0 Å². The molecule has 0 saturated heterocycles. The van der Waals surface area contributed by atoms with E-state index in [1.54, 1.807) is 0 Å². The van der Waals surface area contributed by atoms with Crippen molar-refractivity contribution in [1.29, 1.82) is 0 Å². The lowest BCUT2D eigenvalue weighted by molar-refractivity contribution is -0.384. The number of hydrogen-bond donors (Lipinski definition) is 0. The van der Waals surface area contributed by atoms with E-state index in [0.29, 0.717) is 0 Å². The van der Waals surface area contributed by atoms with Gasteiger partial charge in [0.2, 0.25) is 5.78 Å². The zero-order valence-corrected chi connectivity index (χ0v) is 8.73. The molecule has 1 aromatic rings. The van der Waals surface area contributed by atoms with E-state index in [9.17, 15) is 32.9 Å². The number of carbonyl (C=O) groups excluding carboxylic acids is 2. The molecule has 96 valence electrons. The predicted octanol–water partition coefficient (Wildman–Crippen LogP) is 2.30. The van der Waals surface area contributed by atoms with Crippen molar-refractivity contribution >= 4 is 17.3 Å². The van der Waals surface area contributed by atoms with Crippen molar-refractivity contribution < 1.29 is 27.7 Å². The molecule has 0 saturated carbocycles. The number of benzene rings is 1. The molecule has 1 aromatic carbocycles. The van der Waals surface area contributed by atoms with Crippen LogP contribution < -0.4 is 0 Å². The minimum absolute atomic E-state index is 0.182. The van der Waals surface area contributed by atoms with Gasteiger partial charge in [0.05, 0.1) is 11.3 Å². The van der Waals surface area contributed by atoms with E-state index in [0.717, 1.165) is 24.3 Å². The van der Waals surface area contributed by atoms with Gasteiger partial charge in [0.25, 0.3) is 5.69 Å². The third-order valence-corrected chi connectivity index (χ3v) is 2.04. The summed E-state index contributed by atoms with van der Waals surface area (Å²) >= 11 is 0. The first-order valence-corrected chi connectivity index (χ1v) is 4.59. The first-order chi connectivity index (χ1) is 8.21. The highest BCUT2D eigenvalue weighted by Crippen LogP contribution is 2.20. The van der Waals surface area contributed by atoms with Crippen LogP contribution in [-0.4, -0.2) is 22.7 Å². The van der Waals surface area contributed by atoms with E-state index in [1.807, 2.05) is 0 Å². The molecule has 0 N–H and O–H groups in total. The van der Waals surface area contributed by atoms with Crippen molar-refractivity contribution in [3.05, 3.63) is 39.9 Å². The Hall–Kier alpha value is -2.25. The molecule has 0 aromatic heterocycles. The average molecular weight is 261 g/mol. The molecule has 0 radical (unpaired) electrons. The number of nitro groups is 1. The summed E-state index contributed by atoms with van der Waals surface area (Å²) in [5.74, 6) is -3.18. The minimum atomic E-state index is -5.06. The van der Waals surface area contributed by atoms with Gasteiger partial charge in [-0.15, -0.1) is 0 Å². The highest BCUT2D eigenvalue weighted by molar-refractivity contribution is 6.09. The summed E-state index contributed by atoms with van der Waals surface area (Å²) in [6, 6.07) is 3.96. The number of ketones is 2. The van der Waals surface area contributed by atoms with Gasteiger partial charge in [0, 0.05) is 17.7 Å². The molecule has 0 atom stereocenters. The molecular formula is C10H6F3NO4. The smallest absolute Gasteiger partial charge is 0.294 e. The number of alkyl halides is 3. The maximum absolute atomic E-state index is 11.9. The van der Waals surface area contributed by atoms with Gasteiger partial charge in [-0.3, -0.25) is 19.7 Å². The van der Waals surface area contributed by atoms with E-state index in [1.165, 1.54) is 0 Å². The zero-order chi connectivity index (χ0) is 13.9. The minimum Gasteiger partial charge on any atom is -0.294 e. The number of carbonyl (C=O) groups is 2. The first-order valence-electron chi connectivity index (χ1n) is 4.59. The Morgan fingerprint density at radius 1 is 1.17 bits per heavy atom. The zero-order valence-electron chi connectivity index (χ0n) is 8.73. The summed E-state index contributed by atoms with van der Waals surface area (Å²) in [5.41, 5.74) is -0.480. The van der Waals surface area contributed by atoms with Crippen LogP contribution in [0.2, 0.25) is 0 Å². The lowest BCUT2D eigenvalue weighted by atomic mass is 10.1. The third kappa shape index (κ3) is 3.37. The molecule has 0 unspecified atom stereocenters. The molecule has 5 nitrogen and oxygen atoms in total. The number of nitro benzene ring substituents is 1. The molecule has 0 amide bonds. The molecule has 0 spiro atoms.